The van der Waals surface area contributed by atoms with Crippen molar-refractivity contribution in [3.63, 3.8) is 0 Å². The molecule has 0 aromatic heterocycles. The Bertz CT molecular complexity index is 388. The van der Waals surface area contributed by atoms with Crippen LogP contribution in [0, 0.1) is 0 Å². The van der Waals surface area contributed by atoms with Gasteiger partial charge in [-0.2, -0.15) is 0 Å². The van der Waals surface area contributed by atoms with E-state index in [2.05, 4.69) is 48.5 Å². The zero-order chi connectivity index (χ0) is 11.9. The third-order valence-electron chi connectivity index (χ3n) is 3.03. The van der Waals surface area contributed by atoms with Crippen molar-refractivity contribution in [1.29, 1.82) is 0 Å². The van der Waals surface area contributed by atoms with Gasteiger partial charge >= 0.3 is 0 Å². The molecule has 0 atom stereocenters. The highest BCUT2D eigenvalue weighted by molar-refractivity contribution is 6.26. The Kier molecular flexibility index (Phi) is 4.51. The van der Waals surface area contributed by atoms with Gasteiger partial charge < -0.3 is 4.11 Å². The molecule has 0 spiro atoms. The Balaban J connectivity index is 2.26. The zero-order valence-corrected chi connectivity index (χ0v) is 11.3. The Labute approximate surface area is 104 Å². The van der Waals surface area contributed by atoms with E-state index in [4.69, 9.17) is 0 Å². The fourth-order valence-corrected chi connectivity index (χ4v) is 2.74. The fourth-order valence-electron chi connectivity index (χ4n) is 2.18. The van der Waals surface area contributed by atoms with Gasteiger partial charge in [0.1, 0.15) is 0 Å². The molecule has 0 unspecified atom stereocenters. The summed E-state index contributed by atoms with van der Waals surface area (Å²) in [5, 5.41) is 0. The van der Waals surface area contributed by atoms with Crippen LogP contribution in [0.4, 0.5) is 4.11 Å². The molecule has 2 aromatic carbocycles. The van der Waals surface area contributed by atoms with Crippen molar-refractivity contribution >= 4 is 9.85 Å². The third kappa shape index (κ3) is 3.27. The van der Waals surface area contributed by atoms with Crippen LogP contribution in [0.5, 0.6) is 0 Å². The van der Waals surface area contributed by atoms with Crippen LogP contribution in [0.2, 0.25) is 6.04 Å². The summed E-state index contributed by atoms with van der Waals surface area (Å²) in [7, 11) is -1.34. The minimum Gasteiger partial charge on any atom is -0.323 e. The monoisotopic (exact) mass is 244 g/mol. The minimum atomic E-state index is -1.34. The first kappa shape index (κ1) is 12.1. The molecular formula is C15H17FSi. The maximum absolute atomic E-state index is 12.5. The molecule has 0 fully saturated rings. The van der Waals surface area contributed by atoms with Gasteiger partial charge in [0.15, 0.2) is 0 Å². The SMILES string of the molecule is F[SiH2]CCC(c1ccccc1)c1ccccc1. The van der Waals surface area contributed by atoms with Crippen LogP contribution in [0.1, 0.15) is 23.5 Å². The second kappa shape index (κ2) is 6.35. The van der Waals surface area contributed by atoms with Crippen LogP contribution in [0.15, 0.2) is 60.7 Å². The summed E-state index contributed by atoms with van der Waals surface area (Å²) in [4.78, 5) is 0. The van der Waals surface area contributed by atoms with Gasteiger partial charge in [-0.3, -0.25) is 0 Å². The summed E-state index contributed by atoms with van der Waals surface area (Å²) in [6, 6.07) is 21.6. The molecule has 0 radical (unpaired) electrons. The quantitative estimate of drug-likeness (QED) is 0.556. The van der Waals surface area contributed by atoms with Crippen molar-refractivity contribution in [2.75, 3.05) is 0 Å². The molecule has 0 nitrogen and oxygen atoms in total. The third-order valence-corrected chi connectivity index (χ3v) is 3.71. The summed E-state index contributed by atoms with van der Waals surface area (Å²) in [5.74, 6) is 0.348. The van der Waals surface area contributed by atoms with Crippen LogP contribution in [-0.2, 0) is 0 Å². The van der Waals surface area contributed by atoms with Gasteiger partial charge in [-0.25, -0.2) is 0 Å². The van der Waals surface area contributed by atoms with Gasteiger partial charge in [0, 0.05) is 5.92 Å². The Hall–Kier alpha value is -1.41. The van der Waals surface area contributed by atoms with E-state index in [0.29, 0.717) is 5.92 Å². The van der Waals surface area contributed by atoms with E-state index in [1.54, 1.807) is 0 Å². The minimum absolute atomic E-state index is 0.348. The molecule has 2 rings (SSSR count). The second-order valence-electron chi connectivity index (χ2n) is 4.21. The van der Waals surface area contributed by atoms with E-state index in [1.807, 2.05) is 12.1 Å². The summed E-state index contributed by atoms with van der Waals surface area (Å²) in [5.41, 5.74) is 2.59. The van der Waals surface area contributed by atoms with Crippen LogP contribution in [0.25, 0.3) is 0 Å². The van der Waals surface area contributed by atoms with Crippen LogP contribution >= 0.6 is 0 Å². The standard InChI is InChI=1S/C15H17FSi/c16-17-12-11-15(13-7-3-1-4-8-13)14-9-5-2-6-10-14/h1-10,15H,11-12,17H2. The maximum atomic E-state index is 12.5. The Morgan fingerprint density at radius 2 is 1.29 bits per heavy atom. The molecule has 2 heteroatoms. The number of hydrogen-bond donors (Lipinski definition) is 0. The van der Waals surface area contributed by atoms with E-state index >= 15 is 0 Å². The molecule has 0 saturated heterocycles. The summed E-state index contributed by atoms with van der Waals surface area (Å²) < 4.78 is 12.5. The largest absolute Gasteiger partial charge is 0.323 e. The van der Waals surface area contributed by atoms with Crippen LogP contribution in [0.3, 0.4) is 0 Å². The van der Waals surface area contributed by atoms with Crippen LogP contribution < -0.4 is 0 Å². The lowest BCUT2D eigenvalue weighted by Crippen LogP contribution is -2.01. The lowest BCUT2D eigenvalue weighted by Gasteiger charge is -2.17. The first-order valence-electron chi connectivity index (χ1n) is 6.07. The van der Waals surface area contributed by atoms with E-state index in [1.165, 1.54) is 11.1 Å². The topological polar surface area (TPSA) is 0 Å². The smallest absolute Gasteiger partial charge is 0.216 e. The summed E-state index contributed by atoms with van der Waals surface area (Å²) in [6.45, 7) is 0. The lowest BCUT2D eigenvalue weighted by atomic mass is 9.89. The molecule has 17 heavy (non-hydrogen) atoms. The van der Waals surface area contributed by atoms with Crippen molar-refractivity contribution < 1.29 is 4.11 Å². The van der Waals surface area contributed by atoms with Gasteiger partial charge in [-0.05, 0) is 23.6 Å². The molecule has 0 N–H and O–H groups in total. The average molecular weight is 244 g/mol. The first-order chi connectivity index (χ1) is 8.42. The van der Waals surface area contributed by atoms with Gasteiger partial charge in [0.2, 0.25) is 9.85 Å². The second-order valence-corrected chi connectivity index (χ2v) is 5.29. The molecule has 0 bridgehead atoms. The Morgan fingerprint density at radius 1 is 0.824 bits per heavy atom. The highest BCUT2D eigenvalue weighted by Gasteiger charge is 2.13. The van der Waals surface area contributed by atoms with Gasteiger partial charge in [-0.1, -0.05) is 60.7 Å². The van der Waals surface area contributed by atoms with Gasteiger partial charge in [0.05, 0.1) is 0 Å². The van der Waals surface area contributed by atoms with Crippen LogP contribution in [-0.4, -0.2) is 9.85 Å². The molecule has 0 aliphatic heterocycles. The predicted octanol–water partition coefficient (Wildman–Crippen LogP) is 3.68. The van der Waals surface area contributed by atoms with Crippen molar-refractivity contribution in [2.24, 2.45) is 0 Å². The predicted molar refractivity (Wildman–Crippen MR) is 73.8 cm³/mol. The number of hydrogen-bond acceptors (Lipinski definition) is 0. The molecule has 0 aliphatic carbocycles. The van der Waals surface area contributed by atoms with Crippen molar-refractivity contribution in [3.05, 3.63) is 71.8 Å². The molecular weight excluding hydrogens is 227 g/mol. The molecule has 0 aliphatic rings. The Morgan fingerprint density at radius 3 is 1.71 bits per heavy atom. The van der Waals surface area contributed by atoms with E-state index in [9.17, 15) is 4.11 Å². The normalized spacial score (nSPS) is 11.4. The fraction of sp³-hybridized carbons (Fsp3) is 0.200. The number of rotatable bonds is 5. The molecule has 0 amide bonds. The summed E-state index contributed by atoms with van der Waals surface area (Å²) >= 11 is 0. The van der Waals surface area contributed by atoms with E-state index < -0.39 is 9.85 Å². The number of benzene rings is 2. The van der Waals surface area contributed by atoms with E-state index in [-0.39, 0.29) is 0 Å². The van der Waals surface area contributed by atoms with E-state index in [0.717, 1.165) is 12.5 Å². The van der Waals surface area contributed by atoms with Crippen molar-refractivity contribution in [1.82, 2.24) is 0 Å². The lowest BCUT2D eigenvalue weighted by molar-refractivity contribution is 0.748. The molecule has 2 aromatic rings. The highest BCUT2D eigenvalue weighted by Crippen LogP contribution is 2.28. The maximum Gasteiger partial charge on any atom is 0.216 e. The number of halogens is 1. The van der Waals surface area contributed by atoms with Gasteiger partial charge in [0.25, 0.3) is 0 Å². The molecule has 0 saturated carbocycles. The first-order valence-corrected chi connectivity index (χ1v) is 7.61. The van der Waals surface area contributed by atoms with Crippen molar-refractivity contribution in [2.45, 2.75) is 18.4 Å². The highest BCUT2D eigenvalue weighted by atomic mass is 28.3. The summed E-state index contributed by atoms with van der Waals surface area (Å²) in [6.07, 6.45) is 0.927. The zero-order valence-electron chi connectivity index (χ0n) is 9.85. The average Bonchev–Trinajstić information content (AvgIpc) is 2.42. The van der Waals surface area contributed by atoms with Gasteiger partial charge in [-0.15, -0.1) is 0 Å². The molecule has 88 valence electrons. The van der Waals surface area contributed by atoms with Crippen molar-refractivity contribution in [3.8, 4) is 0 Å². The molecule has 0 heterocycles.